The van der Waals surface area contributed by atoms with E-state index < -0.39 is 23.7 Å². The zero-order valence-corrected chi connectivity index (χ0v) is 17.3. The Morgan fingerprint density at radius 3 is 2.06 bits per heavy atom. The third kappa shape index (κ3) is 6.10. The number of hydrogen-bond acceptors (Lipinski definition) is 3. The number of alkyl halides is 3. The number of anilines is 3. The van der Waals surface area contributed by atoms with E-state index >= 15 is 0 Å². The second-order valence-electron chi connectivity index (χ2n) is 6.81. The summed E-state index contributed by atoms with van der Waals surface area (Å²) >= 11 is 0. The van der Waals surface area contributed by atoms with E-state index in [9.17, 15) is 27.6 Å². The zero-order chi connectivity index (χ0) is 24.0. The van der Waals surface area contributed by atoms with Gasteiger partial charge in [-0.3, -0.25) is 9.59 Å². The van der Waals surface area contributed by atoms with Crippen LogP contribution in [0.1, 0.15) is 26.3 Å². The van der Waals surface area contributed by atoms with Gasteiger partial charge >= 0.3 is 12.2 Å². The molecular weight excluding hydrogens is 437 g/mol. The van der Waals surface area contributed by atoms with E-state index in [1.54, 1.807) is 18.2 Å². The van der Waals surface area contributed by atoms with Crippen LogP contribution in [0.5, 0.6) is 0 Å². The Kier molecular flexibility index (Phi) is 6.97. The number of halogens is 3. The number of carbonyl (C=O) groups excluding carboxylic acids is 3. The topological polar surface area (TPSA) is 99.3 Å². The fourth-order valence-electron chi connectivity index (χ4n) is 2.91. The third-order valence-corrected chi connectivity index (χ3v) is 4.50. The van der Waals surface area contributed by atoms with Gasteiger partial charge in [0, 0.05) is 29.5 Å². The largest absolute Gasteiger partial charge is 0.418 e. The number of para-hydroxylation sites is 1. The standard InChI is InChI=1S/C23H19F3N4O3/c1-27-20(31)15-5-4-6-17(13-15)28-21(32)14-9-11-16(12-10-14)29-22(33)30-19-8-3-2-7-18(19)23(24,25)26/h2-13H,1H3,(H,27,31)(H,28,32)(H2,29,30,33). The molecule has 4 N–H and O–H groups in total. The lowest BCUT2D eigenvalue weighted by Gasteiger charge is -2.14. The Labute approximate surface area is 187 Å². The van der Waals surface area contributed by atoms with E-state index in [0.717, 1.165) is 12.1 Å². The summed E-state index contributed by atoms with van der Waals surface area (Å²) in [6.45, 7) is 0. The van der Waals surface area contributed by atoms with Crippen molar-refractivity contribution >= 4 is 34.9 Å². The molecule has 0 heterocycles. The molecule has 0 spiro atoms. The fourth-order valence-corrected chi connectivity index (χ4v) is 2.91. The van der Waals surface area contributed by atoms with Gasteiger partial charge in [-0.15, -0.1) is 0 Å². The van der Waals surface area contributed by atoms with E-state index in [2.05, 4.69) is 21.3 Å². The van der Waals surface area contributed by atoms with Crippen LogP contribution in [0.3, 0.4) is 0 Å². The van der Waals surface area contributed by atoms with Crippen molar-refractivity contribution in [1.82, 2.24) is 5.32 Å². The maximum Gasteiger partial charge on any atom is 0.418 e. The lowest BCUT2D eigenvalue weighted by molar-refractivity contribution is -0.136. The fraction of sp³-hybridized carbons (Fsp3) is 0.0870. The van der Waals surface area contributed by atoms with Gasteiger partial charge < -0.3 is 21.3 Å². The molecule has 170 valence electrons. The summed E-state index contributed by atoms with van der Waals surface area (Å²) in [5, 5.41) is 9.75. The molecule has 0 fully saturated rings. The average Bonchev–Trinajstić information content (AvgIpc) is 2.78. The van der Waals surface area contributed by atoms with Crippen molar-refractivity contribution in [3.8, 4) is 0 Å². The van der Waals surface area contributed by atoms with Crippen molar-refractivity contribution in [3.63, 3.8) is 0 Å². The predicted molar refractivity (Wildman–Crippen MR) is 118 cm³/mol. The summed E-state index contributed by atoms with van der Waals surface area (Å²) in [5.74, 6) is -0.739. The van der Waals surface area contributed by atoms with E-state index in [4.69, 9.17) is 0 Å². The molecule has 3 aromatic rings. The number of amides is 4. The van der Waals surface area contributed by atoms with E-state index in [1.807, 2.05) is 0 Å². The van der Waals surface area contributed by atoms with Gasteiger partial charge in [0.25, 0.3) is 11.8 Å². The van der Waals surface area contributed by atoms with Crippen LogP contribution in [-0.2, 0) is 6.18 Å². The molecule has 33 heavy (non-hydrogen) atoms. The summed E-state index contributed by atoms with van der Waals surface area (Å²) < 4.78 is 39.2. The minimum absolute atomic E-state index is 0.272. The van der Waals surface area contributed by atoms with E-state index in [-0.39, 0.29) is 22.8 Å². The molecule has 0 aliphatic rings. The van der Waals surface area contributed by atoms with Crippen molar-refractivity contribution in [1.29, 1.82) is 0 Å². The Balaban J connectivity index is 1.63. The predicted octanol–water partition coefficient (Wildman–Crippen LogP) is 4.96. The molecule has 3 aromatic carbocycles. The Hall–Kier alpha value is -4.34. The number of nitrogens with one attached hydrogen (secondary N) is 4. The molecule has 4 amide bonds. The first-order valence-electron chi connectivity index (χ1n) is 9.65. The molecule has 10 heteroatoms. The maximum absolute atomic E-state index is 13.1. The minimum atomic E-state index is -4.61. The summed E-state index contributed by atoms with van der Waals surface area (Å²) in [6.07, 6.45) is -4.61. The third-order valence-electron chi connectivity index (χ3n) is 4.50. The van der Waals surface area contributed by atoms with Crippen molar-refractivity contribution in [2.24, 2.45) is 0 Å². The molecule has 7 nitrogen and oxygen atoms in total. The van der Waals surface area contributed by atoms with Gasteiger partial charge in [-0.25, -0.2) is 4.79 Å². The van der Waals surface area contributed by atoms with Crippen LogP contribution in [0.15, 0.2) is 72.8 Å². The lowest BCUT2D eigenvalue weighted by atomic mass is 10.1. The highest BCUT2D eigenvalue weighted by atomic mass is 19.4. The van der Waals surface area contributed by atoms with Gasteiger partial charge in [-0.2, -0.15) is 13.2 Å². The first-order chi connectivity index (χ1) is 15.7. The maximum atomic E-state index is 13.1. The van der Waals surface area contributed by atoms with Crippen molar-refractivity contribution in [2.45, 2.75) is 6.18 Å². The molecule has 0 aliphatic carbocycles. The Morgan fingerprint density at radius 2 is 1.39 bits per heavy atom. The minimum Gasteiger partial charge on any atom is -0.355 e. The normalized spacial score (nSPS) is 10.8. The first kappa shape index (κ1) is 23.3. The highest BCUT2D eigenvalue weighted by molar-refractivity contribution is 6.06. The van der Waals surface area contributed by atoms with Crippen LogP contribution in [0, 0.1) is 0 Å². The molecule has 0 unspecified atom stereocenters. The van der Waals surface area contributed by atoms with Crippen LogP contribution in [-0.4, -0.2) is 24.9 Å². The van der Waals surface area contributed by atoms with Gasteiger partial charge in [0.05, 0.1) is 11.3 Å². The molecule has 0 aromatic heterocycles. The Morgan fingerprint density at radius 1 is 0.697 bits per heavy atom. The molecule has 0 saturated carbocycles. The summed E-state index contributed by atoms with van der Waals surface area (Å²) in [7, 11) is 1.50. The number of rotatable bonds is 5. The quantitative estimate of drug-likeness (QED) is 0.437. The van der Waals surface area contributed by atoms with Crippen LogP contribution in [0.25, 0.3) is 0 Å². The number of benzene rings is 3. The lowest BCUT2D eigenvalue weighted by Crippen LogP contribution is -2.22. The highest BCUT2D eigenvalue weighted by Crippen LogP contribution is 2.34. The average molecular weight is 456 g/mol. The number of urea groups is 1. The highest BCUT2D eigenvalue weighted by Gasteiger charge is 2.33. The zero-order valence-electron chi connectivity index (χ0n) is 17.3. The van der Waals surface area contributed by atoms with Crippen LogP contribution < -0.4 is 21.3 Å². The molecule has 0 bridgehead atoms. The summed E-state index contributed by atoms with van der Waals surface area (Å²) in [5.41, 5.74) is 0.00739. The van der Waals surface area contributed by atoms with Crippen LogP contribution in [0.2, 0.25) is 0 Å². The second kappa shape index (κ2) is 9.86. The van der Waals surface area contributed by atoms with Crippen molar-refractivity contribution in [3.05, 3.63) is 89.5 Å². The van der Waals surface area contributed by atoms with Gasteiger partial charge in [0.1, 0.15) is 0 Å². The SMILES string of the molecule is CNC(=O)c1cccc(NC(=O)c2ccc(NC(=O)Nc3ccccc3C(F)(F)F)cc2)c1. The monoisotopic (exact) mass is 456 g/mol. The molecule has 0 radical (unpaired) electrons. The van der Waals surface area contributed by atoms with Gasteiger partial charge in [-0.05, 0) is 54.6 Å². The molecule has 0 atom stereocenters. The molecular formula is C23H19F3N4O3. The van der Waals surface area contributed by atoms with Gasteiger partial charge in [0.15, 0.2) is 0 Å². The second-order valence-corrected chi connectivity index (χ2v) is 6.81. The molecule has 3 rings (SSSR count). The smallest absolute Gasteiger partial charge is 0.355 e. The number of carbonyl (C=O) groups is 3. The Bertz CT molecular complexity index is 1180. The summed E-state index contributed by atoms with van der Waals surface area (Å²) in [4.78, 5) is 36.3. The van der Waals surface area contributed by atoms with Crippen molar-refractivity contribution in [2.75, 3.05) is 23.0 Å². The van der Waals surface area contributed by atoms with Gasteiger partial charge in [-0.1, -0.05) is 18.2 Å². The van der Waals surface area contributed by atoms with Gasteiger partial charge in [0.2, 0.25) is 0 Å². The van der Waals surface area contributed by atoms with Crippen LogP contribution >= 0.6 is 0 Å². The van der Waals surface area contributed by atoms with E-state index in [1.165, 1.54) is 49.5 Å². The molecule has 0 saturated heterocycles. The summed E-state index contributed by atoms with van der Waals surface area (Å²) in [6, 6.07) is 15.9. The van der Waals surface area contributed by atoms with Crippen LogP contribution in [0.4, 0.5) is 35.0 Å². The first-order valence-corrected chi connectivity index (χ1v) is 9.65. The van der Waals surface area contributed by atoms with E-state index in [0.29, 0.717) is 11.3 Å². The molecule has 0 aliphatic heterocycles. The number of hydrogen-bond donors (Lipinski definition) is 4. The van der Waals surface area contributed by atoms with Crippen molar-refractivity contribution < 1.29 is 27.6 Å².